The van der Waals surface area contributed by atoms with Gasteiger partial charge in [0.2, 0.25) is 0 Å². The maximum absolute atomic E-state index is 3.50. The van der Waals surface area contributed by atoms with Crippen LogP contribution in [0.2, 0.25) is 0 Å². The van der Waals surface area contributed by atoms with Crippen LogP contribution >= 0.6 is 0 Å². The fourth-order valence-corrected chi connectivity index (χ4v) is 2.07. The molecule has 0 atom stereocenters. The molecule has 0 fully saturated rings. The van der Waals surface area contributed by atoms with Crippen molar-refractivity contribution in [3.05, 3.63) is 24.3 Å². The van der Waals surface area contributed by atoms with E-state index in [4.69, 9.17) is 0 Å². The third kappa shape index (κ3) is 4.29. The van der Waals surface area contributed by atoms with Crippen LogP contribution in [0.15, 0.2) is 24.3 Å². The summed E-state index contributed by atoms with van der Waals surface area (Å²) in [7, 11) is 0. The molecule has 0 aliphatic carbocycles. The quantitative estimate of drug-likeness (QED) is 0.696. The van der Waals surface area contributed by atoms with E-state index in [0.29, 0.717) is 6.17 Å². The van der Waals surface area contributed by atoms with E-state index in [1.807, 2.05) is 13.8 Å². The zero-order valence-corrected chi connectivity index (χ0v) is 11.4. The monoisotopic (exact) mass is 236 g/mol. The molecule has 0 unspecified atom stereocenters. The fraction of sp³-hybridized carbons (Fsp3) is 0.600. The van der Waals surface area contributed by atoms with Crippen molar-refractivity contribution in [3.63, 3.8) is 0 Å². The average molecular weight is 236 g/mol. The predicted octanol–water partition coefficient (Wildman–Crippen LogP) is 5.09. The first kappa shape index (κ1) is 13.9. The van der Waals surface area contributed by atoms with Gasteiger partial charge in [-0.2, -0.15) is 0 Å². The van der Waals surface area contributed by atoms with Crippen LogP contribution in [0.3, 0.4) is 0 Å². The van der Waals surface area contributed by atoms with Gasteiger partial charge >= 0.3 is 0 Å². The number of fused-ring (bicyclic) bond motifs is 1. The minimum absolute atomic E-state index is 0. The van der Waals surface area contributed by atoms with E-state index >= 15 is 0 Å². The Morgan fingerprint density at radius 1 is 1.00 bits per heavy atom. The van der Waals surface area contributed by atoms with E-state index in [9.17, 15) is 0 Å². The van der Waals surface area contributed by atoms with Crippen LogP contribution in [0, 0.1) is 0 Å². The van der Waals surface area contributed by atoms with Crippen LogP contribution in [0.5, 0.6) is 0 Å². The molecule has 2 rings (SSSR count). The second kappa shape index (κ2) is 7.99. The van der Waals surface area contributed by atoms with Crippen molar-refractivity contribution in [3.8, 4) is 0 Å². The van der Waals surface area contributed by atoms with E-state index in [2.05, 4.69) is 41.8 Å². The van der Waals surface area contributed by atoms with Gasteiger partial charge in [-0.1, -0.05) is 52.2 Å². The van der Waals surface area contributed by atoms with E-state index in [0.717, 1.165) is 0 Å². The lowest BCUT2D eigenvalue weighted by atomic mass is 10.1. The molecule has 0 saturated heterocycles. The number of anilines is 2. The van der Waals surface area contributed by atoms with Crippen molar-refractivity contribution in [2.75, 3.05) is 10.6 Å². The molecule has 2 nitrogen and oxygen atoms in total. The summed E-state index contributed by atoms with van der Waals surface area (Å²) in [6.07, 6.45) is 7.00. The minimum atomic E-state index is 0. The average Bonchev–Trinajstić information content (AvgIpc) is 2.80. The Balaban J connectivity index is 0.000000917. The molecule has 1 aromatic rings. The van der Waals surface area contributed by atoms with Crippen LogP contribution in [0.25, 0.3) is 0 Å². The first-order valence-corrected chi connectivity index (χ1v) is 7.02. The molecule has 2 heteroatoms. The number of rotatable bonds is 5. The van der Waals surface area contributed by atoms with E-state index in [1.54, 1.807) is 0 Å². The van der Waals surface area contributed by atoms with Crippen molar-refractivity contribution >= 4 is 11.4 Å². The number of hydrogen-bond acceptors (Lipinski definition) is 2. The first-order chi connectivity index (χ1) is 8.40. The zero-order chi connectivity index (χ0) is 12.5. The zero-order valence-electron chi connectivity index (χ0n) is 11.4. The fourth-order valence-electron chi connectivity index (χ4n) is 2.07. The smallest absolute Gasteiger partial charge is 0.0964 e. The standard InChI is InChI=1S/C13H20N2.C2H6.H2/c1-2-3-4-5-10-13-14-11-8-6-7-9-12(11)15-13;1-2;/h6-9,13-15H,2-5,10H2,1H3;1-2H3;1H. The molecule has 0 bridgehead atoms. The summed E-state index contributed by atoms with van der Waals surface area (Å²) in [5.74, 6) is 0. The van der Waals surface area contributed by atoms with Gasteiger partial charge in [0.05, 0.1) is 17.5 Å². The van der Waals surface area contributed by atoms with E-state index in [-0.39, 0.29) is 1.43 Å². The molecule has 1 aliphatic heterocycles. The Hall–Kier alpha value is -1.18. The Morgan fingerprint density at radius 2 is 1.59 bits per heavy atom. The van der Waals surface area contributed by atoms with Crippen molar-refractivity contribution < 1.29 is 1.43 Å². The molecule has 1 aliphatic rings. The number of para-hydroxylation sites is 2. The van der Waals surface area contributed by atoms with Gasteiger partial charge in [-0.25, -0.2) is 0 Å². The summed E-state index contributed by atoms with van der Waals surface area (Å²) in [5, 5.41) is 7.00. The SMILES string of the molecule is CC.CCCCCCC1Nc2ccccc2N1.[HH]. The highest BCUT2D eigenvalue weighted by Gasteiger charge is 2.17. The summed E-state index contributed by atoms with van der Waals surface area (Å²) >= 11 is 0. The largest absolute Gasteiger partial charge is 0.364 e. The second-order valence-electron chi connectivity index (χ2n) is 4.24. The van der Waals surface area contributed by atoms with Crippen molar-refractivity contribution in [1.82, 2.24) is 0 Å². The van der Waals surface area contributed by atoms with Gasteiger partial charge in [0.1, 0.15) is 0 Å². The van der Waals surface area contributed by atoms with Gasteiger partial charge in [0, 0.05) is 1.43 Å². The molecule has 0 saturated carbocycles. The van der Waals surface area contributed by atoms with Gasteiger partial charge in [-0.15, -0.1) is 0 Å². The van der Waals surface area contributed by atoms with E-state index < -0.39 is 0 Å². The summed E-state index contributed by atoms with van der Waals surface area (Å²) in [6, 6.07) is 8.42. The summed E-state index contributed by atoms with van der Waals surface area (Å²) < 4.78 is 0. The molecular formula is C15H28N2. The summed E-state index contributed by atoms with van der Waals surface area (Å²) in [6.45, 7) is 6.25. The van der Waals surface area contributed by atoms with Crippen molar-refractivity contribution in [2.24, 2.45) is 0 Å². The lowest BCUT2D eigenvalue weighted by molar-refractivity contribution is 0.605. The number of unbranched alkanes of at least 4 members (excludes halogenated alkanes) is 3. The molecule has 0 aromatic heterocycles. The summed E-state index contributed by atoms with van der Waals surface area (Å²) in [5.41, 5.74) is 2.50. The molecule has 17 heavy (non-hydrogen) atoms. The molecule has 2 N–H and O–H groups in total. The van der Waals surface area contributed by atoms with Crippen LogP contribution in [-0.4, -0.2) is 6.17 Å². The maximum Gasteiger partial charge on any atom is 0.0964 e. The Morgan fingerprint density at radius 3 is 2.12 bits per heavy atom. The van der Waals surface area contributed by atoms with Crippen LogP contribution in [0.4, 0.5) is 11.4 Å². The van der Waals surface area contributed by atoms with Gasteiger partial charge in [0.15, 0.2) is 0 Å². The molecule has 1 aromatic carbocycles. The van der Waals surface area contributed by atoms with Crippen LogP contribution in [0.1, 0.15) is 54.3 Å². The Labute approximate surface area is 107 Å². The van der Waals surface area contributed by atoms with E-state index in [1.165, 1.54) is 43.5 Å². The van der Waals surface area contributed by atoms with Gasteiger partial charge < -0.3 is 10.6 Å². The normalized spacial score (nSPS) is 13.1. The highest BCUT2D eigenvalue weighted by molar-refractivity contribution is 5.73. The first-order valence-electron chi connectivity index (χ1n) is 7.02. The lowest BCUT2D eigenvalue weighted by Crippen LogP contribution is -2.21. The third-order valence-electron chi connectivity index (χ3n) is 2.93. The lowest BCUT2D eigenvalue weighted by Gasteiger charge is -2.11. The molecule has 98 valence electrons. The van der Waals surface area contributed by atoms with Gasteiger partial charge in [-0.3, -0.25) is 0 Å². The van der Waals surface area contributed by atoms with Crippen molar-refractivity contribution in [1.29, 1.82) is 0 Å². The second-order valence-corrected chi connectivity index (χ2v) is 4.24. The molecule has 0 amide bonds. The maximum atomic E-state index is 3.50. The molecule has 1 heterocycles. The highest BCUT2D eigenvalue weighted by atomic mass is 15.2. The Bertz CT molecular complexity index is 290. The molecule has 0 spiro atoms. The third-order valence-corrected chi connectivity index (χ3v) is 2.93. The summed E-state index contributed by atoms with van der Waals surface area (Å²) in [4.78, 5) is 0. The van der Waals surface area contributed by atoms with Crippen LogP contribution < -0.4 is 10.6 Å². The molecule has 0 radical (unpaired) electrons. The molecular weight excluding hydrogens is 208 g/mol. The van der Waals surface area contributed by atoms with Crippen molar-refractivity contribution in [2.45, 2.75) is 59.0 Å². The number of nitrogens with one attached hydrogen (secondary N) is 2. The Kier molecular flexibility index (Phi) is 6.53. The predicted molar refractivity (Wildman–Crippen MR) is 79.7 cm³/mol. The highest BCUT2D eigenvalue weighted by Crippen LogP contribution is 2.29. The van der Waals surface area contributed by atoms with Crippen LogP contribution in [-0.2, 0) is 0 Å². The number of hydrogen-bond donors (Lipinski definition) is 2. The van der Waals surface area contributed by atoms with Gasteiger partial charge in [-0.05, 0) is 25.0 Å². The minimum Gasteiger partial charge on any atom is -0.364 e. The van der Waals surface area contributed by atoms with Gasteiger partial charge in [0.25, 0.3) is 0 Å². The number of benzene rings is 1. The topological polar surface area (TPSA) is 24.1 Å².